The van der Waals surface area contributed by atoms with Gasteiger partial charge in [-0.3, -0.25) is 9.59 Å². The number of nitrogens with one attached hydrogen (secondary N) is 3. The van der Waals surface area contributed by atoms with Crippen molar-refractivity contribution in [2.24, 2.45) is 0 Å². The number of ether oxygens (including phenoxy) is 6. The first-order valence-electron chi connectivity index (χ1n) is 22.0. The molecule has 71 heavy (non-hydrogen) atoms. The third kappa shape index (κ3) is 20.1. The molecule has 0 atom stereocenters. The molecule has 19 heteroatoms. The van der Waals surface area contributed by atoms with Crippen molar-refractivity contribution in [1.29, 1.82) is 0 Å². The fourth-order valence-corrected chi connectivity index (χ4v) is 5.45. The molecule has 0 amide bonds. The summed E-state index contributed by atoms with van der Waals surface area (Å²) in [6, 6.07) is 32.5. The summed E-state index contributed by atoms with van der Waals surface area (Å²) in [7, 11) is 1.46. The van der Waals surface area contributed by atoms with Gasteiger partial charge in [-0.1, -0.05) is 60.7 Å². The Bertz CT molecular complexity index is 2800. The SMILES string of the molecule is CCOC(=O)C(=CCOC)C(=O)OCC.CCOC(=O)C(=CNc1ccccc1)C(=O)OCC.CCOC(=O)c1c[nH]c2ccccc2c1=O.Nc1ccccc1.O=C(O)c1c[nH]c2ccccc2c1=O. The van der Waals surface area contributed by atoms with E-state index >= 15 is 0 Å². The Morgan fingerprint density at radius 3 is 1.35 bits per heavy atom. The maximum Gasteiger partial charge on any atom is 0.347 e. The Balaban J connectivity index is 0.000000311. The van der Waals surface area contributed by atoms with Gasteiger partial charge in [0.15, 0.2) is 5.57 Å². The molecule has 19 nitrogen and oxygen atoms in total. The van der Waals surface area contributed by atoms with Crippen molar-refractivity contribution in [2.45, 2.75) is 34.6 Å². The normalized spacial score (nSPS) is 9.66. The van der Waals surface area contributed by atoms with Crippen LogP contribution >= 0.6 is 0 Å². The molecule has 0 fully saturated rings. The minimum atomic E-state index is -1.21. The van der Waals surface area contributed by atoms with Gasteiger partial charge in [0.1, 0.15) is 16.7 Å². The Hall–Kier alpha value is -8.84. The number of aromatic carboxylic acids is 1. The number of carbonyl (C=O) groups excluding carboxylic acids is 5. The summed E-state index contributed by atoms with van der Waals surface area (Å²) in [6.07, 6.45) is 5.25. The van der Waals surface area contributed by atoms with Gasteiger partial charge in [0.05, 0.1) is 39.6 Å². The van der Waals surface area contributed by atoms with Crippen LogP contribution in [0.1, 0.15) is 55.3 Å². The molecule has 2 heterocycles. The summed E-state index contributed by atoms with van der Waals surface area (Å²) in [6.45, 7) is 9.60. The molecule has 0 unspecified atom stereocenters. The largest absolute Gasteiger partial charge is 0.477 e. The standard InChI is InChI=1S/C14H17NO4.C12H11NO3.C10H7NO3.C10H16O5.C6H7N/c1-3-18-13(16)12(14(17)19-4-2)10-15-11-8-6-5-7-9-11;1-2-16-12(15)9-7-13-10-6-4-3-5-8(10)11(9)14;12-9-6-3-1-2-4-8(6)11-5-7(9)10(13)14;1-4-14-9(11)8(6-7-13-3)10(12)15-5-2;7-6-4-2-1-3-5-6/h5-10,15H,3-4H2,1-2H3;3-7H,2H2,1H3,(H,13,14);1-5H,(H,11,12)(H,13,14);6H,4-5,7H2,1-3H3;1-5H,7H2. The van der Waals surface area contributed by atoms with E-state index in [1.165, 1.54) is 31.8 Å². The van der Waals surface area contributed by atoms with Crippen molar-refractivity contribution >= 4 is 69.0 Å². The number of carboxylic acid groups (broad SMARTS) is 1. The fourth-order valence-electron chi connectivity index (χ4n) is 5.45. The van der Waals surface area contributed by atoms with Gasteiger partial charge in [0.2, 0.25) is 10.9 Å². The van der Waals surface area contributed by atoms with E-state index in [1.54, 1.807) is 77.1 Å². The van der Waals surface area contributed by atoms with Gasteiger partial charge >= 0.3 is 35.8 Å². The van der Waals surface area contributed by atoms with Crippen LogP contribution in [-0.2, 0) is 47.6 Å². The van der Waals surface area contributed by atoms with E-state index in [2.05, 4.69) is 15.3 Å². The summed E-state index contributed by atoms with van der Waals surface area (Å²) in [4.78, 5) is 97.2. The molecule has 0 aliphatic heterocycles. The van der Waals surface area contributed by atoms with Crippen LogP contribution in [0.5, 0.6) is 0 Å². The molecule has 0 aliphatic carbocycles. The number of aromatic nitrogens is 2. The van der Waals surface area contributed by atoms with Crippen LogP contribution in [0.15, 0.2) is 155 Å². The summed E-state index contributed by atoms with van der Waals surface area (Å²) in [5, 5.41) is 12.5. The first-order chi connectivity index (χ1) is 34.2. The van der Waals surface area contributed by atoms with E-state index in [9.17, 15) is 38.4 Å². The van der Waals surface area contributed by atoms with Crippen molar-refractivity contribution in [1.82, 2.24) is 9.97 Å². The maximum absolute atomic E-state index is 11.9. The van der Waals surface area contributed by atoms with Crippen LogP contribution in [0.2, 0.25) is 0 Å². The highest BCUT2D eigenvalue weighted by atomic mass is 16.6. The molecular formula is C52H58N4O15. The molecule has 0 aliphatic rings. The summed E-state index contributed by atoms with van der Waals surface area (Å²) in [5.74, 6) is -4.58. The number of aromatic amines is 2. The van der Waals surface area contributed by atoms with Gasteiger partial charge in [-0.05, 0) is 89.2 Å². The number of rotatable bonds is 15. The Morgan fingerprint density at radius 2 is 0.944 bits per heavy atom. The van der Waals surface area contributed by atoms with Gasteiger partial charge < -0.3 is 54.5 Å². The number of anilines is 2. The number of esters is 5. The smallest absolute Gasteiger partial charge is 0.347 e. The average molecular weight is 979 g/mol. The number of para-hydroxylation sites is 4. The van der Waals surface area contributed by atoms with Crippen molar-refractivity contribution in [3.63, 3.8) is 0 Å². The number of nitrogens with two attached hydrogens (primary N) is 1. The lowest BCUT2D eigenvalue weighted by Crippen LogP contribution is -2.19. The lowest BCUT2D eigenvalue weighted by atomic mass is 10.1. The molecule has 2 aromatic heterocycles. The van der Waals surface area contributed by atoms with Crippen LogP contribution in [0.4, 0.5) is 11.4 Å². The molecular weight excluding hydrogens is 921 g/mol. The average Bonchev–Trinajstić information content (AvgIpc) is 3.36. The highest BCUT2D eigenvalue weighted by Crippen LogP contribution is 2.10. The van der Waals surface area contributed by atoms with Gasteiger partial charge in [0, 0.05) is 58.9 Å². The molecule has 376 valence electrons. The zero-order valence-electron chi connectivity index (χ0n) is 40.2. The van der Waals surface area contributed by atoms with Crippen molar-refractivity contribution in [3.05, 3.63) is 177 Å². The number of hydrogen-bond acceptors (Lipinski definition) is 16. The molecule has 6 rings (SSSR count). The number of benzene rings is 4. The van der Waals surface area contributed by atoms with Gasteiger partial charge in [-0.25, -0.2) is 28.8 Å². The van der Waals surface area contributed by atoms with E-state index in [0.29, 0.717) is 21.8 Å². The van der Waals surface area contributed by atoms with Crippen LogP contribution in [0.25, 0.3) is 21.8 Å². The first kappa shape index (κ1) is 58.3. The predicted octanol–water partition coefficient (Wildman–Crippen LogP) is 6.99. The lowest BCUT2D eigenvalue weighted by Gasteiger charge is -2.07. The van der Waals surface area contributed by atoms with E-state index in [1.807, 2.05) is 66.7 Å². The number of H-pyrrole nitrogens is 2. The van der Waals surface area contributed by atoms with Gasteiger partial charge in [-0.15, -0.1) is 0 Å². The molecule has 0 saturated carbocycles. The van der Waals surface area contributed by atoms with Crippen LogP contribution in [0, 0.1) is 0 Å². The van der Waals surface area contributed by atoms with Crippen molar-refractivity contribution < 1.29 is 62.3 Å². The number of carboxylic acids is 1. The predicted molar refractivity (Wildman–Crippen MR) is 268 cm³/mol. The lowest BCUT2D eigenvalue weighted by molar-refractivity contribution is -0.148. The van der Waals surface area contributed by atoms with Crippen molar-refractivity contribution in [2.75, 3.05) is 57.8 Å². The minimum Gasteiger partial charge on any atom is -0.477 e. The molecule has 0 radical (unpaired) electrons. The highest BCUT2D eigenvalue weighted by molar-refractivity contribution is 6.14. The number of fused-ring (bicyclic) bond motifs is 2. The molecule has 6 aromatic rings. The second-order valence-electron chi connectivity index (χ2n) is 13.6. The fraction of sp³-hybridized carbons (Fsp3) is 0.231. The molecule has 4 aromatic carbocycles. The number of hydrogen-bond donors (Lipinski definition) is 5. The van der Waals surface area contributed by atoms with Gasteiger partial charge in [-0.2, -0.15) is 0 Å². The van der Waals surface area contributed by atoms with E-state index in [0.717, 1.165) is 11.4 Å². The minimum absolute atomic E-state index is 0.0422. The quantitative estimate of drug-likeness (QED) is 0.0173. The van der Waals surface area contributed by atoms with Crippen LogP contribution in [-0.4, -0.2) is 97.6 Å². The van der Waals surface area contributed by atoms with Crippen molar-refractivity contribution in [3.8, 4) is 0 Å². The second kappa shape index (κ2) is 32.8. The molecule has 6 N–H and O–H groups in total. The van der Waals surface area contributed by atoms with E-state index < -0.39 is 41.2 Å². The van der Waals surface area contributed by atoms with E-state index in [4.69, 9.17) is 39.3 Å². The topological polar surface area (TPSA) is 282 Å². The summed E-state index contributed by atoms with van der Waals surface area (Å²) >= 11 is 0. The second-order valence-corrected chi connectivity index (χ2v) is 13.6. The van der Waals surface area contributed by atoms with E-state index in [-0.39, 0.29) is 67.3 Å². The zero-order chi connectivity index (χ0) is 52.6. The number of carbonyl (C=O) groups is 6. The molecule has 0 saturated heterocycles. The zero-order valence-corrected chi connectivity index (χ0v) is 40.2. The Kier molecular flexibility index (Phi) is 26.9. The van der Waals surface area contributed by atoms with Gasteiger partial charge in [0.25, 0.3) is 0 Å². The van der Waals surface area contributed by atoms with Crippen LogP contribution in [0.3, 0.4) is 0 Å². The maximum atomic E-state index is 11.9. The van der Waals surface area contributed by atoms with Crippen LogP contribution < -0.4 is 21.9 Å². The Morgan fingerprint density at radius 1 is 0.549 bits per heavy atom. The molecule has 0 bridgehead atoms. The number of pyridine rings is 2. The highest BCUT2D eigenvalue weighted by Gasteiger charge is 2.22. The third-order valence-electron chi connectivity index (χ3n) is 8.69. The summed E-state index contributed by atoms with van der Waals surface area (Å²) < 4.78 is 28.6. The summed E-state index contributed by atoms with van der Waals surface area (Å²) in [5.41, 5.74) is 7.06. The third-order valence-corrected chi connectivity index (χ3v) is 8.69. The Labute approximate surface area is 409 Å². The number of methoxy groups -OCH3 is 1. The molecule has 0 spiro atoms. The number of nitrogen functional groups attached to an aromatic ring is 1. The first-order valence-corrected chi connectivity index (χ1v) is 22.0. The monoisotopic (exact) mass is 978 g/mol.